The van der Waals surface area contributed by atoms with Crippen LogP contribution in [-0.2, 0) is 7.05 Å². The van der Waals surface area contributed by atoms with Crippen LogP contribution in [0.5, 0.6) is 0 Å². The number of nitrogens with zero attached hydrogens (tertiary/aromatic N) is 1. The predicted molar refractivity (Wildman–Crippen MR) is 40.2 cm³/mol. The first-order valence-corrected chi connectivity index (χ1v) is 3.22. The molecule has 1 aromatic rings. The monoisotopic (exact) mass is 259 g/mol. The molecule has 0 aliphatic rings. The van der Waals surface area contributed by atoms with Crippen molar-refractivity contribution in [2.75, 3.05) is 0 Å². The molecule has 0 fully saturated rings. The first kappa shape index (κ1) is 10.4. The highest BCUT2D eigenvalue weighted by Crippen LogP contribution is 1.85. The Morgan fingerprint density at radius 2 is 2.09 bits per heavy atom. The van der Waals surface area contributed by atoms with E-state index in [-0.39, 0.29) is 24.0 Å². The van der Waals surface area contributed by atoms with Gasteiger partial charge in [-0.2, -0.15) is 4.57 Å². The van der Waals surface area contributed by atoms with Crippen LogP contribution >= 0.6 is 0 Å². The van der Waals surface area contributed by atoms with E-state index in [9.17, 15) is 0 Å². The molecule has 1 nitrogen and oxygen atoms in total. The summed E-state index contributed by atoms with van der Waals surface area (Å²) < 4.78 is 2.00. The van der Waals surface area contributed by atoms with E-state index in [1.807, 2.05) is 42.9 Å². The average Bonchev–Trinajstić information content (AvgIpc) is 1.94. The Bertz CT molecular complexity index is 283. The molecule has 1 heterocycles. The number of rotatable bonds is 0. The van der Waals surface area contributed by atoms with Crippen LogP contribution in [0.3, 0.4) is 0 Å². The Labute approximate surface area is 84.5 Å². The van der Waals surface area contributed by atoms with Crippen molar-refractivity contribution in [2.45, 2.75) is 6.92 Å². The lowest BCUT2D eigenvalue weighted by Crippen LogP contribution is -3.00. The summed E-state index contributed by atoms with van der Waals surface area (Å²) >= 11 is 0. The third-order valence-electron chi connectivity index (χ3n) is 1.31. The smallest absolute Gasteiger partial charge is 0.256 e. The van der Waals surface area contributed by atoms with Gasteiger partial charge in [0.15, 0.2) is 6.20 Å². The average molecular weight is 259 g/mol. The molecule has 58 valence electrons. The van der Waals surface area contributed by atoms with Gasteiger partial charge in [-0.3, -0.25) is 0 Å². The number of hydrogen-bond acceptors (Lipinski definition) is 0. The molecule has 0 aromatic carbocycles. The standard InChI is InChI=1S/C9H10N.HI/c1-3-6-9-7-4-5-8-10(9)2;/h4-5,7-8H,1-2H3;1H/q+1;/p-1. The summed E-state index contributed by atoms with van der Waals surface area (Å²) in [5.41, 5.74) is 1.05. The Hall–Kier alpha value is -0.560. The largest absolute Gasteiger partial charge is 1.00 e. The fourth-order valence-electron chi connectivity index (χ4n) is 0.781. The van der Waals surface area contributed by atoms with Crippen molar-refractivity contribution >= 4 is 0 Å². The van der Waals surface area contributed by atoms with E-state index in [1.54, 1.807) is 0 Å². The quantitative estimate of drug-likeness (QED) is 0.285. The molecule has 0 aliphatic carbocycles. The Morgan fingerprint density at radius 3 is 2.64 bits per heavy atom. The molecule has 0 aliphatic heterocycles. The fourth-order valence-corrected chi connectivity index (χ4v) is 0.781. The number of pyridine rings is 1. The third-order valence-corrected chi connectivity index (χ3v) is 1.31. The lowest BCUT2D eigenvalue weighted by Gasteiger charge is -1.87. The molecule has 0 saturated carbocycles. The van der Waals surface area contributed by atoms with Crippen LogP contribution in [-0.4, -0.2) is 0 Å². The number of hydrogen-bond donors (Lipinski definition) is 0. The molecule has 0 spiro atoms. The maximum absolute atomic E-state index is 2.99. The summed E-state index contributed by atoms with van der Waals surface area (Å²) in [4.78, 5) is 0. The van der Waals surface area contributed by atoms with Crippen LogP contribution in [0.15, 0.2) is 24.4 Å². The van der Waals surface area contributed by atoms with Crippen molar-refractivity contribution in [1.29, 1.82) is 0 Å². The molecule has 1 rings (SSSR count). The van der Waals surface area contributed by atoms with Gasteiger partial charge in [0.2, 0.25) is 0 Å². The lowest BCUT2D eigenvalue weighted by atomic mass is 10.3. The van der Waals surface area contributed by atoms with Crippen LogP contribution in [0.4, 0.5) is 0 Å². The molecule has 2 heteroatoms. The van der Waals surface area contributed by atoms with E-state index in [2.05, 4.69) is 11.8 Å². The van der Waals surface area contributed by atoms with Crippen molar-refractivity contribution in [2.24, 2.45) is 7.05 Å². The van der Waals surface area contributed by atoms with E-state index in [0.717, 1.165) is 5.69 Å². The Kier molecular flexibility index (Phi) is 4.88. The van der Waals surface area contributed by atoms with Crippen LogP contribution < -0.4 is 28.5 Å². The predicted octanol–water partition coefficient (Wildman–Crippen LogP) is -2.11. The molecule has 11 heavy (non-hydrogen) atoms. The summed E-state index contributed by atoms with van der Waals surface area (Å²) in [5.74, 6) is 5.84. The van der Waals surface area contributed by atoms with Gasteiger partial charge >= 0.3 is 0 Å². The van der Waals surface area contributed by atoms with E-state index < -0.39 is 0 Å². The summed E-state index contributed by atoms with van der Waals surface area (Å²) in [6.45, 7) is 1.84. The third kappa shape index (κ3) is 2.89. The van der Waals surface area contributed by atoms with Gasteiger partial charge in [-0.1, -0.05) is 5.92 Å². The highest BCUT2D eigenvalue weighted by atomic mass is 127. The summed E-state index contributed by atoms with van der Waals surface area (Å²) in [7, 11) is 1.99. The molecule has 0 bridgehead atoms. The first-order chi connectivity index (χ1) is 4.84. The molecular weight excluding hydrogens is 249 g/mol. The molecular formula is C9H10IN. The van der Waals surface area contributed by atoms with Crippen molar-refractivity contribution < 1.29 is 28.5 Å². The van der Waals surface area contributed by atoms with Crippen molar-refractivity contribution in [3.8, 4) is 11.8 Å². The fraction of sp³-hybridized carbons (Fsp3) is 0.222. The van der Waals surface area contributed by atoms with Gasteiger partial charge in [-0.05, 0) is 13.0 Å². The van der Waals surface area contributed by atoms with Gasteiger partial charge in [0.1, 0.15) is 7.05 Å². The van der Waals surface area contributed by atoms with E-state index >= 15 is 0 Å². The van der Waals surface area contributed by atoms with E-state index in [0.29, 0.717) is 0 Å². The minimum absolute atomic E-state index is 0. The zero-order valence-corrected chi connectivity index (χ0v) is 8.79. The van der Waals surface area contributed by atoms with E-state index in [4.69, 9.17) is 0 Å². The molecule has 1 aromatic heterocycles. The van der Waals surface area contributed by atoms with Crippen molar-refractivity contribution in [3.05, 3.63) is 30.1 Å². The summed E-state index contributed by atoms with van der Waals surface area (Å²) in [6.07, 6.45) is 1.99. The Morgan fingerprint density at radius 1 is 1.36 bits per heavy atom. The van der Waals surface area contributed by atoms with E-state index in [1.165, 1.54) is 0 Å². The minimum Gasteiger partial charge on any atom is -1.00 e. The SMILES string of the molecule is CC#Cc1cccc[n+]1C.[I-]. The highest BCUT2D eigenvalue weighted by molar-refractivity contribution is 5.21. The van der Waals surface area contributed by atoms with Gasteiger partial charge in [-0.25, -0.2) is 0 Å². The zero-order chi connectivity index (χ0) is 7.40. The lowest BCUT2D eigenvalue weighted by molar-refractivity contribution is -0.673. The normalized spacial score (nSPS) is 7.45. The minimum atomic E-state index is 0. The molecule has 0 atom stereocenters. The molecule has 0 unspecified atom stereocenters. The number of halogens is 1. The molecule has 0 N–H and O–H groups in total. The zero-order valence-electron chi connectivity index (χ0n) is 6.63. The number of aryl methyl sites for hydroxylation is 1. The summed E-state index contributed by atoms with van der Waals surface area (Å²) in [5, 5.41) is 0. The highest BCUT2D eigenvalue weighted by Gasteiger charge is 1.96. The van der Waals surface area contributed by atoms with Gasteiger partial charge in [0, 0.05) is 18.1 Å². The molecule has 0 amide bonds. The van der Waals surface area contributed by atoms with Gasteiger partial charge in [-0.15, -0.1) is 0 Å². The van der Waals surface area contributed by atoms with Crippen LogP contribution in [0.25, 0.3) is 0 Å². The van der Waals surface area contributed by atoms with Crippen LogP contribution in [0.1, 0.15) is 12.6 Å². The topological polar surface area (TPSA) is 3.88 Å². The van der Waals surface area contributed by atoms with Crippen molar-refractivity contribution in [1.82, 2.24) is 0 Å². The van der Waals surface area contributed by atoms with Crippen LogP contribution in [0.2, 0.25) is 0 Å². The molecule has 0 radical (unpaired) electrons. The Balaban J connectivity index is 0.000001000. The van der Waals surface area contributed by atoms with Gasteiger partial charge in [0.05, 0.1) is 0 Å². The summed E-state index contributed by atoms with van der Waals surface area (Å²) in [6, 6.07) is 5.97. The van der Waals surface area contributed by atoms with Crippen molar-refractivity contribution in [3.63, 3.8) is 0 Å². The maximum Gasteiger partial charge on any atom is 0.256 e. The number of aromatic nitrogens is 1. The van der Waals surface area contributed by atoms with Crippen LogP contribution in [0, 0.1) is 11.8 Å². The van der Waals surface area contributed by atoms with Gasteiger partial charge < -0.3 is 24.0 Å². The molecule has 0 saturated heterocycles. The maximum atomic E-state index is 2.99. The second kappa shape index (κ2) is 5.14. The first-order valence-electron chi connectivity index (χ1n) is 3.22. The second-order valence-corrected chi connectivity index (χ2v) is 2.07. The van der Waals surface area contributed by atoms with Gasteiger partial charge in [0.25, 0.3) is 5.69 Å². The second-order valence-electron chi connectivity index (χ2n) is 2.07.